The van der Waals surface area contributed by atoms with Crippen LogP contribution >= 0.6 is 0 Å². The van der Waals surface area contributed by atoms with Crippen LogP contribution in [0.5, 0.6) is 0 Å². The molecule has 0 bridgehead atoms. The van der Waals surface area contributed by atoms with Crippen LogP contribution in [-0.4, -0.2) is 32.9 Å². The number of hydrogen-bond donors (Lipinski definition) is 1. The molecule has 0 amide bonds. The van der Waals surface area contributed by atoms with E-state index in [9.17, 15) is 0 Å². The van der Waals surface area contributed by atoms with Crippen LogP contribution in [0.4, 0.5) is 0 Å². The molecule has 21 heavy (non-hydrogen) atoms. The van der Waals surface area contributed by atoms with Gasteiger partial charge in [0.1, 0.15) is 0 Å². The van der Waals surface area contributed by atoms with Crippen molar-refractivity contribution in [2.45, 2.75) is 102 Å². The molecule has 0 aromatic rings. The van der Waals surface area contributed by atoms with E-state index >= 15 is 0 Å². The predicted octanol–water partition coefficient (Wildman–Crippen LogP) is 6.10. The number of unbranched alkanes of at least 4 members (excludes halogenated alkanes) is 3. The van der Waals surface area contributed by atoms with E-state index in [-0.39, 0.29) is 0 Å². The van der Waals surface area contributed by atoms with E-state index in [1.165, 1.54) is 57.8 Å². The first-order valence-corrected chi connectivity index (χ1v) is 12.1. The molecule has 0 aliphatic carbocycles. The molecule has 0 saturated carbocycles. The molecule has 0 aromatic heterocycles. The molecule has 0 aliphatic heterocycles. The molecule has 2 heteroatoms. The third-order valence-corrected chi connectivity index (χ3v) is 10.5. The van der Waals surface area contributed by atoms with Crippen molar-refractivity contribution < 1.29 is 5.11 Å². The Bertz CT molecular complexity index is 239. The van der Waals surface area contributed by atoms with Crippen LogP contribution in [0.1, 0.15) is 98.3 Å². The normalized spacial score (nSPS) is 12.9. The second-order valence-electron chi connectivity index (χ2n) is 6.36. The molecule has 1 nitrogen and oxygen atoms in total. The SMILES string of the molecule is C/C=[C](/CCCO)[Sn][C](CCCC)(CCCC)CCCC. The Morgan fingerprint density at radius 1 is 0.905 bits per heavy atom. The van der Waals surface area contributed by atoms with Gasteiger partial charge in [-0.3, -0.25) is 0 Å². The van der Waals surface area contributed by atoms with Gasteiger partial charge in [-0.2, -0.15) is 0 Å². The molecule has 0 aliphatic rings. The second kappa shape index (κ2) is 14.1. The standard InChI is InChI=1S/C13H27.C6H11O.Sn/c1-4-7-10-13(11-8-5-2)12-9-6-3;1-2-3-4-5-6-7;/h4-12H2,1-3H3;2,7H,4-6H2,1H3;. The third kappa shape index (κ3) is 9.99. The van der Waals surface area contributed by atoms with Gasteiger partial charge < -0.3 is 0 Å². The number of aliphatic hydroxyl groups is 1. The maximum atomic E-state index is 9.12. The van der Waals surface area contributed by atoms with Crippen LogP contribution in [0, 0.1) is 0 Å². The Morgan fingerprint density at radius 2 is 1.38 bits per heavy atom. The first-order chi connectivity index (χ1) is 10.2. The van der Waals surface area contributed by atoms with Gasteiger partial charge in [0.2, 0.25) is 0 Å². The first-order valence-electron chi connectivity index (χ1n) is 9.22. The number of hydrogen-bond acceptors (Lipinski definition) is 1. The second-order valence-corrected chi connectivity index (χ2v) is 11.9. The molecule has 0 heterocycles. The minimum atomic E-state index is -0.527. The summed E-state index contributed by atoms with van der Waals surface area (Å²) in [6.07, 6.45) is 17.1. The minimum absolute atomic E-state index is 0.350. The number of aliphatic hydroxyl groups excluding tert-OH is 1. The fourth-order valence-electron chi connectivity index (χ4n) is 3.00. The summed E-state index contributed by atoms with van der Waals surface area (Å²) in [4.78, 5) is 0. The Balaban J connectivity index is 4.90. The van der Waals surface area contributed by atoms with Crippen LogP contribution in [0.15, 0.2) is 9.67 Å². The molecule has 1 N–H and O–H groups in total. The zero-order valence-corrected chi connectivity index (χ0v) is 17.9. The molecule has 0 saturated heterocycles. The van der Waals surface area contributed by atoms with E-state index in [0.717, 1.165) is 12.8 Å². The van der Waals surface area contributed by atoms with Crippen LogP contribution in [0.3, 0.4) is 0 Å². The summed E-state index contributed by atoms with van der Waals surface area (Å²) in [6.45, 7) is 9.56. The van der Waals surface area contributed by atoms with Crippen LogP contribution in [0.25, 0.3) is 0 Å². The Labute approximate surface area is 144 Å². The summed E-state index contributed by atoms with van der Waals surface area (Å²) in [6, 6.07) is 0. The molecule has 124 valence electrons. The van der Waals surface area contributed by atoms with Gasteiger partial charge in [-0.25, -0.2) is 0 Å². The Morgan fingerprint density at radius 3 is 1.71 bits per heavy atom. The van der Waals surface area contributed by atoms with Gasteiger partial charge in [-0.15, -0.1) is 0 Å². The molecule has 0 rings (SSSR count). The topological polar surface area (TPSA) is 20.2 Å². The van der Waals surface area contributed by atoms with Crippen molar-refractivity contribution in [2.75, 3.05) is 6.61 Å². The fourth-order valence-corrected chi connectivity index (χ4v) is 8.80. The van der Waals surface area contributed by atoms with Crippen molar-refractivity contribution in [1.29, 1.82) is 0 Å². The van der Waals surface area contributed by atoms with E-state index in [1.54, 1.807) is 3.59 Å². The third-order valence-electron chi connectivity index (χ3n) is 4.41. The molecular formula is C19H38OSn. The van der Waals surface area contributed by atoms with Gasteiger partial charge in [0.25, 0.3) is 0 Å². The van der Waals surface area contributed by atoms with Crippen molar-refractivity contribution >= 4 is 21.1 Å². The molecule has 0 spiro atoms. The Kier molecular flexibility index (Phi) is 14.4. The summed E-state index contributed by atoms with van der Waals surface area (Å²) in [5.74, 6) is 0. The van der Waals surface area contributed by atoms with Crippen molar-refractivity contribution in [1.82, 2.24) is 0 Å². The zero-order chi connectivity index (χ0) is 16.0. The van der Waals surface area contributed by atoms with Crippen molar-refractivity contribution in [2.24, 2.45) is 0 Å². The van der Waals surface area contributed by atoms with Crippen LogP contribution < -0.4 is 0 Å². The average Bonchev–Trinajstić information content (AvgIpc) is 2.52. The monoisotopic (exact) mass is 402 g/mol. The molecule has 0 unspecified atom stereocenters. The van der Waals surface area contributed by atoms with Gasteiger partial charge in [0.05, 0.1) is 0 Å². The number of rotatable bonds is 14. The van der Waals surface area contributed by atoms with E-state index < -0.39 is 21.1 Å². The quantitative estimate of drug-likeness (QED) is 0.349. The van der Waals surface area contributed by atoms with E-state index in [1.807, 2.05) is 0 Å². The molecule has 0 aromatic carbocycles. The van der Waals surface area contributed by atoms with Crippen molar-refractivity contribution in [3.8, 4) is 0 Å². The van der Waals surface area contributed by atoms with Gasteiger partial charge in [-0.1, -0.05) is 0 Å². The van der Waals surface area contributed by atoms with E-state index in [4.69, 9.17) is 5.11 Å². The van der Waals surface area contributed by atoms with E-state index in [2.05, 4.69) is 33.8 Å². The van der Waals surface area contributed by atoms with Gasteiger partial charge in [0.15, 0.2) is 0 Å². The van der Waals surface area contributed by atoms with Gasteiger partial charge in [0, 0.05) is 0 Å². The van der Waals surface area contributed by atoms with Crippen molar-refractivity contribution in [3.05, 3.63) is 9.67 Å². The molecular weight excluding hydrogens is 363 g/mol. The summed E-state index contributed by atoms with van der Waals surface area (Å²) in [5, 5.41) is 9.12. The molecule has 0 fully saturated rings. The summed E-state index contributed by atoms with van der Waals surface area (Å²) < 4.78 is 2.44. The first kappa shape index (κ1) is 21.5. The van der Waals surface area contributed by atoms with E-state index in [0.29, 0.717) is 10.0 Å². The number of allylic oxidation sites excluding steroid dienone is 2. The predicted molar refractivity (Wildman–Crippen MR) is 97.1 cm³/mol. The summed E-state index contributed by atoms with van der Waals surface area (Å²) in [7, 11) is 0. The van der Waals surface area contributed by atoms with Crippen molar-refractivity contribution in [3.63, 3.8) is 0 Å². The molecule has 0 atom stereocenters. The maximum absolute atomic E-state index is 9.12. The van der Waals surface area contributed by atoms with Gasteiger partial charge >= 0.3 is 144 Å². The zero-order valence-electron chi connectivity index (χ0n) is 15.0. The average molecular weight is 401 g/mol. The van der Waals surface area contributed by atoms with Gasteiger partial charge in [-0.05, 0) is 0 Å². The fraction of sp³-hybridized carbons (Fsp3) is 0.895. The summed E-state index contributed by atoms with van der Waals surface area (Å²) in [5.41, 5.74) is 0. The molecule has 2 radical (unpaired) electrons. The van der Waals surface area contributed by atoms with Crippen LogP contribution in [-0.2, 0) is 0 Å². The summed E-state index contributed by atoms with van der Waals surface area (Å²) >= 11 is -0.527. The Hall–Kier alpha value is 0.499. The van der Waals surface area contributed by atoms with Crippen LogP contribution in [0.2, 0.25) is 3.43 Å².